The highest BCUT2D eigenvalue weighted by Gasteiger charge is 2.42. The zero-order valence-electron chi connectivity index (χ0n) is 26.7. The topological polar surface area (TPSA) is 110 Å². The molecule has 1 fully saturated rings. The fourth-order valence-electron chi connectivity index (χ4n) is 5.32. The Labute approximate surface area is 278 Å². The van der Waals surface area contributed by atoms with Gasteiger partial charge in [-0.25, -0.2) is 14.2 Å². The molecule has 1 N–H and O–H groups in total. The van der Waals surface area contributed by atoms with Gasteiger partial charge in [0.25, 0.3) is 5.91 Å². The number of carbonyl (C=O) groups is 2. The number of anilines is 2. The Bertz CT molecular complexity index is 1750. The summed E-state index contributed by atoms with van der Waals surface area (Å²) in [6.45, 7) is 5.88. The van der Waals surface area contributed by atoms with Crippen molar-refractivity contribution < 1.29 is 36.6 Å². The number of aromatic nitrogens is 3. The highest BCUT2D eigenvalue weighted by atomic mass is 32.1. The number of benzene rings is 2. The van der Waals surface area contributed by atoms with Gasteiger partial charge in [-0.3, -0.25) is 4.79 Å². The minimum Gasteiger partial charge on any atom is -0.457 e. The minimum absolute atomic E-state index is 0.000691. The first-order valence-electron chi connectivity index (χ1n) is 15.1. The SMILES string of the molecule is CN(C[C@@H]1CCCN(c2c(NC(=O)c3csc(-c4ccnnc4)n3)ccc(Oc3ccc(F)cc3)c2C(F)(F)F)C1)C(=O)OC(C)(C)C. The molecule has 48 heavy (non-hydrogen) atoms. The molecule has 2 aromatic heterocycles. The molecule has 1 saturated heterocycles. The molecular formula is C33H34F4N6O4S. The van der Waals surface area contributed by atoms with Crippen LogP contribution in [0.4, 0.5) is 33.7 Å². The van der Waals surface area contributed by atoms with Crippen molar-refractivity contribution in [2.75, 3.05) is 36.9 Å². The first-order valence-corrected chi connectivity index (χ1v) is 16.0. The van der Waals surface area contributed by atoms with E-state index in [1.54, 1.807) is 38.8 Å². The second kappa shape index (κ2) is 14.1. The fraction of sp³-hybridized carbons (Fsp3) is 0.364. The van der Waals surface area contributed by atoms with Gasteiger partial charge < -0.3 is 24.6 Å². The summed E-state index contributed by atoms with van der Waals surface area (Å²) >= 11 is 1.18. The molecule has 1 aliphatic heterocycles. The quantitative estimate of drug-likeness (QED) is 0.187. The largest absolute Gasteiger partial charge is 0.457 e. The van der Waals surface area contributed by atoms with E-state index < -0.39 is 40.9 Å². The number of hydrogen-bond donors (Lipinski definition) is 1. The third-order valence-corrected chi connectivity index (χ3v) is 8.24. The van der Waals surface area contributed by atoms with Crippen molar-refractivity contribution in [2.45, 2.75) is 45.4 Å². The Morgan fingerprint density at radius 1 is 1.08 bits per heavy atom. The third kappa shape index (κ3) is 8.56. The van der Waals surface area contributed by atoms with Crippen molar-refractivity contribution in [1.82, 2.24) is 20.1 Å². The molecule has 254 valence electrons. The molecule has 1 aliphatic rings. The number of nitrogens with zero attached hydrogens (tertiary/aromatic N) is 5. The van der Waals surface area contributed by atoms with Crippen molar-refractivity contribution in [3.8, 4) is 22.1 Å². The molecule has 5 rings (SSSR count). The number of piperidine rings is 1. The van der Waals surface area contributed by atoms with E-state index in [1.807, 2.05) is 0 Å². The first-order chi connectivity index (χ1) is 22.7. The van der Waals surface area contributed by atoms with Crippen LogP contribution >= 0.6 is 11.3 Å². The lowest BCUT2D eigenvalue weighted by Gasteiger charge is -2.38. The molecule has 0 saturated carbocycles. The van der Waals surface area contributed by atoms with Gasteiger partial charge in [0.05, 0.1) is 23.8 Å². The minimum atomic E-state index is -4.92. The summed E-state index contributed by atoms with van der Waals surface area (Å²) in [6.07, 6.45) is -1.31. The number of alkyl halides is 3. The number of amides is 2. The standard InChI is InChI=1S/C33H34F4N6O4S/c1-32(2,3)47-31(45)42(4)17-20-6-5-15-43(18-20)28-24(40-29(44)25-19-48-30(41-25)21-13-14-38-39-16-21)11-12-26(27(28)33(35,36)37)46-23-9-7-22(34)8-10-23/h7-14,16,19-20H,5-6,15,17-18H2,1-4H3,(H,40,44)/t20-/m0/s1. The van der Waals surface area contributed by atoms with Crippen LogP contribution in [0.15, 0.2) is 60.2 Å². The van der Waals surface area contributed by atoms with Crippen LogP contribution in [0.1, 0.15) is 49.7 Å². The molecule has 0 spiro atoms. The van der Waals surface area contributed by atoms with E-state index in [1.165, 1.54) is 52.2 Å². The summed E-state index contributed by atoms with van der Waals surface area (Å²) < 4.78 is 69.9. The summed E-state index contributed by atoms with van der Waals surface area (Å²) in [6, 6.07) is 8.76. The van der Waals surface area contributed by atoms with Gasteiger partial charge in [-0.1, -0.05) is 0 Å². The normalized spacial score (nSPS) is 15.2. The van der Waals surface area contributed by atoms with Gasteiger partial charge in [0.15, 0.2) is 0 Å². The Balaban J connectivity index is 1.50. The van der Waals surface area contributed by atoms with Gasteiger partial charge in [-0.15, -0.1) is 11.3 Å². The maximum atomic E-state index is 15.1. The molecular weight excluding hydrogens is 652 g/mol. The van der Waals surface area contributed by atoms with E-state index in [0.717, 1.165) is 18.2 Å². The van der Waals surface area contributed by atoms with Crippen LogP contribution in [0, 0.1) is 11.7 Å². The summed E-state index contributed by atoms with van der Waals surface area (Å²) in [4.78, 5) is 33.4. The van der Waals surface area contributed by atoms with Crippen molar-refractivity contribution in [2.24, 2.45) is 5.92 Å². The molecule has 2 amide bonds. The highest BCUT2D eigenvalue weighted by molar-refractivity contribution is 7.13. The Morgan fingerprint density at radius 3 is 2.50 bits per heavy atom. The average Bonchev–Trinajstić information content (AvgIpc) is 3.53. The van der Waals surface area contributed by atoms with E-state index in [-0.39, 0.29) is 48.4 Å². The molecule has 1 atom stereocenters. The Hall–Kier alpha value is -4.79. The zero-order chi connectivity index (χ0) is 34.6. The second-order valence-corrected chi connectivity index (χ2v) is 13.2. The number of nitrogens with one attached hydrogen (secondary N) is 1. The van der Waals surface area contributed by atoms with E-state index >= 15 is 13.2 Å². The highest BCUT2D eigenvalue weighted by Crippen LogP contribution is 2.48. The van der Waals surface area contributed by atoms with Crippen LogP contribution in [-0.2, 0) is 10.9 Å². The second-order valence-electron chi connectivity index (χ2n) is 12.3. The molecule has 0 bridgehead atoms. The van der Waals surface area contributed by atoms with Gasteiger partial charge in [0.1, 0.15) is 39.2 Å². The van der Waals surface area contributed by atoms with Crippen molar-refractivity contribution in [1.29, 1.82) is 0 Å². The number of carbonyl (C=O) groups excluding carboxylic acids is 2. The van der Waals surface area contributed by atoms with Crippen LogP contribution in [0.25, 0.3) is 10.6 Å². The zero-order valence-corrected chi connectivity index (χ0v) is 27.5. The van der Waals surface area contributed by atoms with Crippen molar-refractivity contribution in [3.05, 3.63) is 77.3 Å². The molecule has 0 aliphatic carbocycles. The number of hydrogen-bond acceptors (Lipinski definition) is 9. The monoisotopic (exact) mass is 686 g/mol. The van der Waals surface area contributed by atoms with Crippen molar-refractivity contribution >= 4 is 34.7 Å². The predicted molar refractivity (Wildman–Crippen MR) is 173 cm³/mol. The number of thiazole rings is 1. The van der Waals surface area contributed by atoms with Gasteiger partial charge in [0.2, 0.25) is 0 Å². The van der Waals surface area contributed by atoms with Crippen LogP contribution in [0.3, 0.4) is 0 Å². The maximum Gasteiger partial charge on any atom is 0.422 e. The Kier molecular flexibility index (Phi) is 10.2. The third-order valence-electron chi connectivity index (χ3n) is 7.35. The first kappa shape index (κ1) is 34.5. The van der Waals surface area contributed by atoms with Gasteiger partial charge >= 0.3 is 12.3 Å². The summed E-state index contributed by atoms with van der Waals surface area (Å²) in [5.41, 5.74) is -1.56. The average molecular weight is 687 g/mol. The molecule has 2 aromatic carbocycles. The van der Waals surface area contributed by atoms with E-state index in [2.05, 4.69) is 20.5 Å². The summed E-state index contributed by atoms with van der Waals surface area (Å²) in [7, 11) is 1.58. The van der Waals surface area contributed by atoms with Crippen molar-refractivity contribution in [3.63, 3.8) is 0 Å². The van der Waals surface area contributed by atoms with Crippen LogP contribution < -0.4 is 15.0 Å². The summed E-state index contributed by atoms with van der Waals surface area (Å²) in [5, 5.41) is 12.2. The van der Waals surface area contributed by atoms with E-state index in [0.29, 0.717) is 23.4 Å². The van der Waals surface area contributed by atoms with Crippen LogP contribution in [0.2, 0.25) is 0 Å². The fourth-order valence-corrected chi connectivity index (χ4v) is 6.11. The molecule has 0 radical (unpaired) electrons. The maximum absolute atomic E-state index is 15.1. The number of rotatable bonds is 8. The molecule has 15 heteroatoms. The van der Waals surface area contributed by atoms with E-state index in [4.69, 9.17) is 9.47 Å². The van der Waals surface area contributed by atoms with E-state index in [9.17, 15) is 14.0 Å². The predicted octanol–water partition coefficient (Wildman–Crippen LogP) is 7.89. The lowest BCUT2D eigenvalue weighted by atomic mass is 9.95. The van der Waals surface area contributed by atoms with Gasteiger partial charge in [0, 0.05) is 37.6 Å². The molecule has 10 nitrogen and oxygen atoms in total. The smallest absolute Gasteiger partial charge is 0.422 e. The lowest BCUT2D eigenvalue weighted by molar-refractivity contribution is -0.138. The Morgan fingerprint density at radius 2 is 1.83 bits per heavy atom. The lowest BCUT2D eigenvalue weighted by Crippen LogP contribution is -2.43. The van der Waals surface area contributed by atoms with Crippen LogP contribution in [-0.4, -0.2) is 64.4 Å². The summed E-state index contributed by atoms with van der Waals surface area (Å²) in [5.74, 6) is -2.01. The van der Waals surface area contributed by atoms with Gasteiger partial charge in [-0.05, 0) is 82.0 Å². The molecule has 3 heterocycles. The molecule has 4 aromatic rings. The number of ether oxygens (including phenoxy) is 2. The van der Waals surface area contributed by atoms with Crippen LogP contribution in [0.5, 0.6) is 11.5 Å². The number of halogens is 4. The molecule has 0 unspecified atom stereocenters. The van der Waals surface area contributed by atoms with Gasteiger partial charge in [-0.2, -0.15) is 23.4 Å².